The Kier molecular flexibility index (Phi) is 5.01. The van der Waals surface area contributed by atoms with Gasteiger partial charge in [0.1, 0.15) is 0 Å². The van der Waals surface area contributed by atoms with E-state index in [1.807, 2.05) is 11.8 Å². The number of benzene rings is 1. The molecule has 0 bridgehead atoms. The predicted octanol–water partition coefficient (Wildman–Crippen LogP) is 3.66. The van der Waals surface area contributed by atoms with E-state index in [4.69, 9.17) is 16.3 Å². The molecular weight excluding hydrogens is 240 g/mol. The molecule has 0 radical (unpaired) electrons. The van der Waals surface area contributed by atoms with Gasteiger partial charge in [-0.2, -0.15) is 11.8 Å². The van der Waals surface area contributed by atoms with Gasteiger partial charge in [-0.05, 0) is 29.7 Å². The lowest BCUT2D eigenvalue weighted by molar-refractivity contribution is 0.150. The van der Waals surface area contributed by atoms with Crippen molar-refractivity contribution in [1.82, 2.24) is 0 Å². The van der Waals surface area contributed by atoms with Crippen LogP contribution in [0.4, 0.5) is 0 Å². The van der Waals surface area contributed by atoms with Crippen LogP contribution in [0, 0.1) is 0 Å². The van der Waals surface area contributed by atoms with Crippen LogP contribution in [0.15, 0.2) is 24.3 Å². The van der Waals surface area contributed by atoms with Crippen LogP contribution in [0.2, 0.25) is 0 Å². The minimum Gasteiger partial charge on any atom is -0.379 e. The van der Waals surface area contributed by atoms with Gasteiger partial charge in [0.05, 0.1) is 18.5 Å². The summed E-state index contributed by atoms with van der Waals surface area (Å²) in [6.45, 7) is 1.44. The lowest BCUT2D eigenvalue weighted by Gasteiger charge is -2.16. The molecule has 0 saturated heterocycles. The van der Waals surface area contributed by atoms with Crippen LogP contribution in [0.5, 0.6) is 0 Å². The summed E-state index contributed by atoms with van der Waals surface area (Å²) in [6.07, 6.45) is 2.48. The topological polar surface area (TPSA) is 9.23 Å². The first-order chi connectivity index (χ1) is 7.92. The van der Waals surface area contributed by atoms with Crippen molar-refractivity contribution in [3.05, 3.63) is 35.4 Å². The van der Waals surface area contributed by atoms with Gasteiger partial charge in [-0.1, -0.05) is 24.3 Å². The number of hydrogen-bond acceptors (Lipinski definition) is 2. The molecule has 0 saturated carbocycles. The molecule has 1 aliphatic rings. The Labute approximate surface area is 107 Å². The largest absolute Gasteiger partial charge is 0.379 e. The number of fused-ring (bicyclic) bond motifs is 1. The first-order valence-electron chi connectivity index (χ1n) is 5.75. The summed E-state index contributed by atoms with van der Waals surface area (Å²) in [7, 11) is 0. The molecule has 0 spiro atoms. The van der Waals surface area contributed by atoms with Gasteiger partial charge in [-0.25, -0.2) is 0 Å². The van der Waals surface area contributed by atoms with Crippen molar-refractivity contribution in [1.29, 1.82) is 0 Å². The highest BCUT2D eigenvalue weighted by molar-refractivity contribution is 7.99. The minimum atomic E-state index is 0.488. The molecule has 1 aromatic rings. The zero-order chi connectivity index (χ0) is 11.2. The molecule has 1 atom stereocenters. The Hall–Kier alpha value is -0.180. The van der Waals surface area contributed by atoms with Crippen LogP contribution in [0.25, 0.3) is 0 Å². The van der Waals surface area contributed by atoms with Crippen LogP contribution in [-0.2, 0) is 11.2 Å². The summed E-state index contributed by atoms with van der Waals surface area (Å²) in [5, 5.41) is 0.488. The molecular formula is C13H17ClOS. The third-order valence-electron chi connectivity index (χ3n) is 2.80. The van der Waals surface area contributed by atoms with Crippen LogP contribution in [0.1, 0.15) is 22.8 Å². The Balaban J connectivity index is 2.06. The lowest BCUT2D eigenvalue weighted by atomic mass is 10.0. The van der Waals surface area contributed by atoms with Crippen molar-refractivity contribution < 1.29 is 4.74 Å². The number of thioether (sulfide) groups is 1. The first kappa shape index (κ1) is 12.3. The Morgan fingerprint density at radius 3 is 3.12 bits per heavy atom. The fourth-order valence-electron chi connectivity index (χ4n) is 2.04. The predicted molar refractivity (Wildman–Crippen MR) is 71.5 cm³/mol. The molecule has 88 valence electrons. The fourth-order valence-corrected chi connectivity index (χ4v) is 3.34. The highest BCUT2D eigenvalue weighted by Gasteiger charge is 2.18. The maximum absolute atomic E-state index is 5.62. The quantitative estimate of drug-likeness (QED) is 0.601. The van der Waals surface area contributed by atoms with E-state index < -0.39 is 0 Å². The van der Waals surface area contributed by atoms with Crippen LogP contribution < -0.4 is 0 Å². The Morgan fingerprint density at radius 1 is 1.38 bits per heavy atom. The lowest BCUT2D eigenvalue weighted by Crippen LogP contribution is -2.07. The molecule has 1 aromatic carbocycles. The monoisotopic (exact) mass is 256 g/mol. The van der Waals surface area contributed by atoms with Crippen molar-refractivity contribution in [2.45, 2.75) is 18.1 Å². The highest BCUT2D eigenvalue weighted by Crippen LogP contribution is 2.35. The van der Waals surface area contributed by atoms with Crippen molar-refractivity contribution in [2.24, 2.45) is 0 Å². The van der Waals surface area contributed by atoms with Crippen molar-refractivity contribution in [3.63, 3.8) is 0 Å². The standard InChI is InChI=1S/C13H17ClOS/c14-7-8-15-10-13-12-6-2-1-4-11(12)5-3-9-16-13/h1-2,4,6,13H,3,5,7-10H2. The number of hydrogen-bond donors (Lipinski definition) is 0. The van der Waals surface area contributed by atoms with Gasteiger partial charge >= 0.3 is 0 Å². The van der Waals surface area contributed by atoms with E-state index in [9.17, 15) is 0 Å². The molecule has 0 aliphatic carbocycles. The summed E-state index contributed by atoms with van der Waals surface area (Å²) in [4.78, 5) is 0. The number of alkyl halides is 1. The SMILES string of the molecule is ClCCOCC1SCCCc2ccccc21. The van der Waals surface area contributed by atoms with Gasteiger partial charge in [0, 0.05) is 5.88 Å². The van der Waals surface area contributed by atoms with Crippen LogP contribution in [0.3, 0.4) is 0 Å². The van der Waals surface area contributed by atoms with E-state index in [-0.39, 0.29) is 0 Å². The maximum Gasteiger partial charge on any atom is 0.0626 e. The number of rotatable bonds is 4. The van der Waals surface area contributed by atoms with Gasteiger partial charge in [-0.3, -0.25) is 0 Å². The summed E-state index contributed by atoms with van der Waals surface area (Å²) >= 11 is 7.63. The minimum absolute atomic E-state index is 0.488. The van der Waals surface area contributed by atoms with Crippen LogP contribution in [-0.4, -0.2) is 24.8 Å². The van der Waals surface area contributed by atoms with Crippen molar-refractivity contribution in [2.75, 3.05) is 24.8 Å². The molecule has 16 heavy (non-hydrogen) atoms. The third-order valence-corrected chi connectivity index (χ3v) is 4.27. The second kappa shape index (κ2) is 6.53. The molecule has 0 aromatic heterocycles. The van der Waals surface area contributed by atoms with E-state index in [2.05, 4.69) is 24.3 Å². The average molecular weight is 257 g/mol. The zero-order valence-corrected chi connectivity index (χ0v) is 10.9. The molecule has 0 N–H and O–H groups in total. The number of ether oxygens (including phenoxy) is 1. The van der Waals surface area contributed by atoms with Gasteiger partial charge in [0.15, 0.2) is 0 Å². The van der Waals surface area contributed by atoms with Gasteiger partial charge in [0.25, 0.3) is 0 Å². The molecule has 3 heteroatoms. The normalized spacial score (nSPS) is 20.2. The van der Waals surface area contributed by atoms with Crippen LogP contribution >= 0.6 is 23.4 Å². The highest BCUT2D eigenvalue weighted by atomic mass is 35.5. The van der Waals surface area contributed by atoms with Gasteiger partial charge in [0.2, 0.25) is 0 Å². The number of aryl methyl sites for hydroxylation is 1. The average Bonchev–Trinajstić information content (AvgIpc) is 2.52. The van der Waals surface area contributed by atoms with E-state index in [0.717, 1.165) is 6.61 Å². The summed E-state index contributed by atoms with van der Waals surface area (Å²) in [5.74, 6) is 1.81. The van der Waals surface area contributed by atoms with Crippen molar-refractivity contribution >= 4 is 23.4 Å². The molecule has 2 rings (SSSR count). The van der Waals surface area contributed by atoms with E-state index in [1.54, 1.807) is 0 Å². The van der Waals surface area contributed by atoms with Crippen molar-refractivity contribution in [3.8, 4) is 0 Å². The number of halogens is 1. The molecule has 1 aliphatic heterocycles. The molecule has 0 fully saturated rings. The Morgan fingerprint density at radius 2 is 2.25 bits per heavy atom. The van der Waals surface area contributed by atoms with Gasteiger partial charge < -0.3 is 4.74 Å². The fraction of sp³-hybridized carbons (Fsp3) is 0.538. The third kappa shape index (κ3) is 3.16. The summed E-state index contributed by atoms with van der Waals surface area (Å²) in [5.41, 5.74) is 2.95. The molecule has 1 unspecified atom stereocenters. The second-order valence-corrected chi connectivity index (χ2v) is 5.61. The summed E-state index contributed by atoms with van der Waals surface area (Å²) < 4.78 is 5.58. The zero-order valence-electron chi connectivity index (χ0n) is 9.32. The maximum atomic E-state index is 5.62. The molecule has 1 nitrogen and oxygen atoms in total. The van der Waals surface area contributed by atoms with E-state index in [0.29, 0.717) is 17.7 Å². The first-order valence-corrected chi connectivity index (χ1v) is 7.33. The van der Waals surface area contributed by atoms with Gasteiger partial charge in [-0.15, -0.1) is 11.6 Å². The molecule has 0 amide bonds. The Bertz CT molecular complexity index is 329. The van der Waals surface area contributed by atoms with E-state index in [1.165, 1.54) is 29.7 Å². The smallest absolute Gasteiger partial charge is 0.0626 e. The molecule has 1 heterocycles. The summed E-state index contributed by atoms with van der Waals surface area (Å²) in [6, 6.07) is 8.74. The second-order valence-electron chi connectivity index (χ2n) is 3.93. The van der Waals surface area contributed by atoms with E-state index >= 15 is 0 Å².